The Morgan fingerprint density at radius 3 is 2.73 bits per heavy atom. The molecule has 26 heavy (non-hydrogen) atoms. The fourth-order valence-corrected chi connectivity index (χ4v) is 3.92. The van der Waals surface area contributed by atoms with Gasteiger partial charge in [-0.15, -0.1) is 0 Å². The van der Waals surface area contributed by atoms with Crippen LogP contribution in [-0.2, 0) is 0 Å². The third kappa shape index (κ3) is 2.96. The molecule has 1 aromatic heterocycles. The van der Waals surface area contributed by atoms with Crippen LogP contribution in [0, 0.1) is 6.92 Å². The second-order valence-corrected chi connectivity index (χ2v) is 7.73. The van der Waals surface area contributed by atoms with Crippen LogP contribution in [0.25, 0.3) is 11.3 Å². The summed E-state index contributed by atoms with van der Waals surface area (Å²) in [6.45, 7) is 13.9. The van der Waals surface area contributed by atoms with E-state index in [9.17, 15) is 0 Å². The van der Waals surface area contributed by atoms with Crippen LogP contribution in [0.1, 0.15) is 78.2 Å². The summed E-state index contributed by atoms with van der Waals surface area (Å²) in [6, 6.07) is 6.59. The Morgan fingerprint density at radius 1 is 1.23 bits per heavy atom. The zero-order chi connectivity index (χ0) is 18.3. The summed E-state index contributed by atoms with van der Waals surface area (Å²) in [5, 5.41) is 3.41. The highest BCUT2D eigenvalue weighted by molar-refractivity contribution is 5.80. The van der Waals surface area contributed by atoms with E-state index in [-0.39, 0.29) is 0 Å². The molecule has 1 fully saturated rings. The first-order chi connectivity index (χ1) is 12.5. The summed E-state index contributed by atoms with van der Waals surface area (Å²) < 4.78 is 0. The van der Waals surface area contributed by atoms with Crippen molar-refractivity contribution in [1.82, 2.24) is 15.3 Å². The van der Waals surface area contributed by atoms with Gasteiger partial charge in [-0.25, -0.2) is 9.97 Å². The highest BCUT2D eigenvalue weighted by atomic mass is 14.9. The molecule has 2 heterocycles. The van der Waals surface area contributed by atoms with Crippen LogP contribution in [0.5, 0.6) is 0 Å². The molecule has 0 bridgehead atoms. The predicted molar refractivity (Wildman–Crippen MR) is 108 cm³/mol. The lowest BCUT2D eigenvalue weighted by molar-refractivity contribution is 0.400. The van der Waals surface area contributed by atoms with Gasteiger partial charge in [-0.2, -0.15) is 0 Å². The van der Waals surface area contributed by atoms with Crippen LogP contribution >= 0.6 is 0 Å². The molecule has 0 radical (unpaired) electrons. The average molecular weight is 345 g/mol. The zero-order valence-electron chi connectivity index (χ0n) is 15.8. The van der Waals surface area contributed by atoms with Gasteiger partial charge in [0.05, 0.1) is 0 Å². The van der Waals surface area contributed by atoms with Crippen molar-refractivity contribution in [2.24, 2.45) is 0 Å². The SMILES string of the molecule is C=C1NCCC(C)c2cc(C(=C)c3cnc(C4CCC4)nc3C)ccc21. The lowest BCUT2D eigenvalue weighted by Gasteiger charge is -2.24. The van der Waals surface area contributed by atoms with E-state index in [0.717, 1.165) is 46.9 Å². The fourth-order valence-electron chi connectivity index (χ4n) is 3.92. The van der Waals surface area contributed by atoms with Crippen molar-refractivity contribution < 1.29 is 0 Å². The van der Waals surface area contributed by atoms with Crippen LogP contribution in [0.3, 0.4) is 0 Å². The first-order valence-corrected chi connectivity index (χ1v) is 9.65. The number of hydrogen-bond donors (Lipinski definition) is 1. The third-order valence-electron chi connectivity index (χ3n) is 5.97. The number of aromatic nitrogens is 2. The molecule has 0 saturated heterocycles. The van der Waals surface area contributed by atoms with Gasteiger partial charge in [0.1, 0.15) is 5.82 Å². The monoisotopic (exact) mass is 345 g/mol. The van der Waals surface area contributed by atoms with E-state index in [0.29, 0.717) is 11.8 Å². The van der Waals surface area contributed by atoms with Gasteiger partial charge in [0, 0.05) is 41.2 Å². The maximum atomic E-state index is 4.78. The van der Waals surface area contributed by atoms with Gasteiger partial charge in [-0.05, 0) is 48.8 Å². The highest BCUT2D eigenvalue weighted by Gasteiger charge is 2.23. The lowest BCUT2D eigenvalue weighted by Crippen LogP contribution is -2.13. The van der Waals surface area contributed by atoms with E-state index >= 15 is 0 Å². The van der Waals surface area contributed by atoms with Crippen molar-refractivity contribution in [2.75, 3.05) is 6.54 Å². The molecule has 1 aliphatic carbocycles. The van der Waals surface area contributed by atoms with Crippen LogP contribution in [0.15, 0.2) is 37.6 Å². The summed E-state index contributed by atoms with van der Waals surface area (Å²) >= 11 is 0. The van der Waals surface area contributed by atoms with Crippen molar-refractivity contribution in [3.05, 3.63) is 71.3 Å². The quantitative estimate of drug-likeness (QED) is 0.833. The van der Waals surface area contributed by atoms with E-state index in [4.69, 9.17) is 4.98 Å². The zero-order valence-corrected chi connectivity index (χ0v) is 15.8. The number of nitrogens with zero attached hydrogens (tertiary/aromatic N) is 2. The minimum absolute atomic E-state index is 0.503. The molecule has 3 nitrogen and oxygen atoms in total. The normalized spacial score (nSPS) is 19.9. The second-order valence-electron chi connectivity index (χ2n) is 7.73. The first kappa shape index (κ1) is 17.0. The molecule has 1 unspecified atom stereocenters. The van der Waals surface area contributed by atoms with Crippen molar-refractivity contribution in [2.45, 2.75) is 51.4 Å². The van der Waals surface area contributed by atoms with Gasteiger partial charge in [0.2, 0.25) is 0 Å². The summed E-state index contributed by atoms with van der Waals surface area (Å²) in [6.07, 6.45) is 6.82. The van der Waals surface area contributed by atoms with Gasteiger partial charge in [-0.1, -0.05) is 44.7 Å². The molecule has 0 spiro atoms. The molecular formula is C23H27N3. The van der Waals surface area contributed by atoms with Crippen LogP contribution in [-0.4, -0.2) is 16.5 Å². The number of benzene rings is 1. The van der Waals surface area contributed by atoms with Gasteiger partial charge in [0.25, 0.3) is 0 Å². The second kappa shape index (κ2) is 6.71. The maximum Gasteiger partial charge on any atom is 0.131 e. The summed E-state index contributed by atoms with van der Waals surface area (Å²) in [5.74, 6) is 2.06. The van der Waals surface area contributed by atoms with Crippen LogP contribution in [0.4, 0.5) is 0 Å². The van der Waals surface area contributed by atoms with Crippen molar-refractivity contribution in [3.63, 3.8) is 0 Å². The molecule has 2 aromatic rings. The largest absolute Gasteiger partial charge is 0.385 e. The Bertz CT molecular complexity index is 877. The number of aryl methyl sites for hydroxylation is 1. The third-order valence-corrected chi connectivity index (χ3v) is 5.97. The summed E-state index contributed by atoms with van der Waals surface area (Å²) in [4.78, 5) is 9.42. The molecule has 3 heteroatoms. The molecule has 134 valence electrons. The van der Waals surface area contributed by atoms with E-state index < -0.39 is 0 Å². The molecular weight excluding hydrogens is 318 g/mol. The minimum atomic E-state index is 0.503. The molecule has 1 N–H and O–H groups in total. The Kier molecular flexibility index (Phi) is 4.39. The van der Waals surface area contributed by atoms with Crippen molar-refractivity contribution >= 4 is 11.3 Å². The molecule has 1 saturated carbocycles. The van der Waals surface area contributed by atoms with Crippen molar-refractivity contribution in [1.29, 1.82) is 0 Å². The van der Waals surface area contributed by atoms with E-state index in [2.05, 4.69) is 55.5 Å². The van der Waals surface area contributed by atoms with Crippen LogP contribution < -0.4 is 5.32 Å². The van der Waals surface area contributed by atoms with E-state index in [1.165, 1.54) is 30.4 Å². The number of nitrogens with one attached hydrogen (secondary N) is 1. The van der Waals surface area contributed by atoms with Crippen LogP contribution in [0.2, 0.25) is 0 Å². The molecule has 0 amide bonds. The standard InChI is InChI=1S/C23H27N3/c1-14-10-11-24-16(3)20-9-8-19(12-21(14)20)15(2)22-13-25-23(26-17(22)4)18-6-5-7-18/h8-9,12-14,18,24H,2-3,5-7,10-11H2,1,4H3. The maximum absolute atomic E-state index is 4.78. The number of rotatable bonds is 3. The average Bonchev–Trinajstić information content (AvgIpc) is 2.72. The van der Waals surface area contributed by atoms with Gasteiger partial charge in [0.15, 0.2) is 0 Å². The molecule has 1 aliphatic heterocycles. The first-order valence-electron chi connectivity index (χ1n) is 9.65. The Morgan fingerprint density at radius 2 is 2.04 bits per heavy atom. The predicted octanol–water partition coefficient (Wildman–Crippen LogP) is 5.18. The summed E-state index contributed by atoms with van der Waals surface area (Å²) in [5.41, 5.74) is 7.81. The number of fused-ring (bicyclic) bond motifs is 1. The molecule has 2 aliphatic rings. The molecule has 1 aromatic carbocycles. The van der Waals surface area contributed by atoms with Crippen molar-refractivity contribution in [3.8, 4) is 0 Å². The molecule has 1 atom stereocenters. The van der Waals surface area contributed by atoms with E-state index in [1.807, 2.05) is 6.20 Å². The van der Waals surface area contributed by atoms with E-state index in [1.54, 1.807) is 0 Å². The fraction of sp³-hybridized carbons (Fsp3) is 0.391. The van der Waals surface area contributed by atoms with Gasteiger partial charge in [-0.3, -0.25) is 0 Å². The van der Waals surface area contributed by atoms with Gasteiger partial charge < -0.3 is 5.32 Å². The minimum Gasteiger partial charge on any atom is -0.385 e. The van der Waals surface area contributed by atoms with Gasteiger partial charge >= 0.3 is 0 Å². The Balaban J connectivity index is 1.67. The number of hydrogen-bond acceptors (Lipinski definition) is 3. The Hall–Kier alpha value is -2.42. The smallest absolute Gasteiger partial charge is 0.131 e. The summed E-state index contributed by atoms with van der Waals surface area (Å²) in [7, 11) is 0. The molecule has 4 rings (SSSR count). The highest BCUT2D eigenvalue weighted by Crippen LogP contribution is 2.36. The lowest BCUT2D eigenvalue weighted by atomic mass is 9.84. The Labute approximate surface area is 156 Å². The topological polar surface area (TPSA) is 37.8 Å².